The Bertz CT molecular complexity index is 9240. The van der Waals surface area contributed by atoms with Crippen LogP contribution in [-0.2, 0) is 18.9 Å². The number of hydrogen-bond acceptors (Lipinski definition) is 40. The number of thioether (sulfide) groups is 4. The Hall–Kier alpha value is -9.52. The molecule has 0 saturated heterocycles. The van der Waals surface area contributed by atoms with Gasteiger partial charge in [-0.3, -0.25) is 0 Å². The number of nitrogens with zero attached hydrogens (tertiary/aromatic N) is 20. The first-order chi connectivity index (χ1) is 88.3. The third-order valence-electron chi connectivity index (χ3n) is 21.2. The fourth-order valence-corrected chi connectivity index (χ4v) is 16.3. The molecule has 0 unspecified atom stereocenters. The molecule has 0 bridgehead atoms. The number of fused-ring (bicyclic) bond motifs is 4. The first kappa shape index (κ1) is 59.6. The largest absolute Gasteiger partial charge is 0.394 e. The molecule has 8 aromatic heterocycles. The Morgan fingerprint density at radius 1 is 0.368 bits per heavy atom. The van der Waals surface area contributed by atoms with E-state index < -0.39 is 358 Å². The molecule has 16 N–H and O–H groups in total. The van der Waals surface area contributed by atoms with E-state index in [0.29, 0.717) is 48.3 Å². The molecule has 144 heavy (non-hydrogen) atoms. The third-order valence-corrected chi connectivity index (χ3v) is 25.2. The van der Waals surface area contributed by atoms with Gasteiger partial charge < -0.3 is 101 Å². The SMILES string of the molecule is [2H]c1c([2H])c([C@]2([2H])C[C@H]2Nc2nc(SC([2H])([2H])CC)nc3c2nnn3[C@]2([2H])C([2H])([2H])[C@]([2H])(OCCO)[C@@]([2H])(O)[C@@]2([2H])O)c([2H])c(F)c1C.[2H]c1c([2H])c([C@]2([2H])C[C@H]2Nc2nc(SCCC)nc3c2nnn3[C@]2([2H])C([2H])([2H])[C@]([2H])(OC([2H])([2H])C([2H])([2H])O)[C@@]([2H])(O)[C@@]2([2H])O)c([2H])c(F)c1C.[2H]c1c([2H])c([C@]2([2H])C[C@H]2Nc2nc(SCCC)nc3c2nnn3[C@]2([2H])C([2H])([2H])[C@]([2H])(OC([2H])([2H])CO)[C@@]([2H])(O)[C@@]2([2H])O)c([2H])c(F)c1C.[2H]c1c([2H])c([C@]2([2H])C[C@H]2Nc2nc(SCCC)nc3c2nnn3[C@]2([2H])C([2H])([2H])[C@]([2H])(OCC([2H])([2H])O)[C@@]([2H])(O)[C@@]2([2H])O)c([2H])c(F)c1C. The van der Waals surface area contributed by atoms with E-state index in [1.165, 1.54) is 34.6 Å². The van der Waals surface area contributed by atoms with Crippen molar-refractivity contribution < 1.29 is 166 Å². The van der Waals surface area contributed by atoms with Crippen molar-refractivity contribution in [2.24, 2.45) is 0 Å². The maximum absolute atomic E-state index is 14.8. The van der Waals surface area contributed by atoms with Crippen LogP contribution in [0.25, 0.3) is 44.7 Å². The second kappa shape index (κ2) is 47.3. The lowest BCUT2D eigenvalue weighted by atomic mass is 10.1. The van der Waals surface area contributed by atoms with Crippen LogP contribution in [0, 0.1) is 51.0 Å². The number of aromatic nitrogens is 20. The lowest BCUT2D eigenvalue weighted by molar-refractivity contribution is -0.0629. The van der Waals surface area contributed by atoms with E-state index in [2.05, 4.69) is 107 Å². The summed E-state index contributed by atoms with van der Waals surface area (Å²) in [5, 5.41) is 168. The molecule has 776 valence electrons. The number of aliphatic hydroxyl groups excluding tert-OH is 2. The standard InChI is InChI=1S/4C24H31FN6O4S/c4*1-3-8-36-24-27-22(26-16-10-14(16)13-5-4-12(2)15(25)9-13)19-23(28-24)31(30-29-19)17-11-18(35-7-6-32)21(34)20(17)33/h4*4-5,9,14,16-18,20-21,32-34H,3,6-8,10-11H2,1-2H3,(H,26,27,28)/t4*14-,16+,17+,18-,20-,21+/m0000/s1/i4D,5D,6D2,7D2,9D,11D2,14D,17D,18D,20D,21D;4D,5D,8D2,9D,11D2,14D,17D,18D,20D,21D;4D,5D,7D2,9D,11D2,14D,17D,18D,20D,21D;4D,5D,6D2,9D,11D2,14D,17D,18D,20D,21D. The molecule has 8 fully saturated rings. The van der Waals surface area contributed by atoms with Crippen molar-refractivity contribution in [1.82, 2.24) is 99.8 Å². The van der Waals surface area contributed by atoms with Gasteiger partial charge in [-0.2, -0.15) is 0 Å². The van der Waals surface area contributed by atoms with Gasteiger partial charge in [-0.25, -0.2) is 76.2 Å². The maximum atomic E-state index is 14.8. The summed E-state index contributed by atoms with van der Waals surface area (Å²) in [6, 6.07) is -25.7. The molecule has 8 aliphatic carbocycles. The highest BCUT2D eigenvalue weighted by Gasteiger charge is 2.51. The van der Waals surface area contributed by atoms with Crippen LogP contribution in [0.1, 0.15) is 265 Å². The summed E-state index contributed by atoms with van der Waals surface area (Å²) in [6.07, 6.45) is -62.2. The molecule has 8 heterocycles. The Balaban J connectivity index is 0.000000168. The highest BCUT2D eigenvalue weighted by atomic mass is 32.2. The smallest absolute Gasteiger partial charge is 0.191 e. The molecule has 40 nitrogen and oxygen atoms in total. The van der Waals surface area contributed by atoms with Crippen LogP contribution in [0.3, 0.4) is 0 Å². The number of halogens is 4. The molecule has 12 aromatic rings. The molecular formula is C96H124F4N24O16S4. The molecule has 48 heteroatoms. The van der Waals surface area contributed by atoms with Crippen molar-refractivity contribution in [2.45, 2.75) is 298 Å². The van der Waals surface area contributed by atoms with Gasteiger partial charge in [0.1, 0.15) is 71.9 Å². The van der Waals surface area contributed by atoms with Crippen LogP contribution >= 0.6 is 47.0 Å². The fraction of sp³-hybridized carbons (Fsp3) is 0.583. The molecular weight excluding hydrogens is 1950 g/mol. The van der Waals surface area contributed by atoms with E-state index in [1.54, 1.807) is 0 Å². The average molecular weight is 2120 g/mol. The van der Waals surface area contributed by atoms with Crippen LogP contribution in [0.4, 0.5) is 40.8 Å². The van der Waals surface area contributed by atoms with Crippen LogP contribution in [-0.4, -0.2) is 334 Å². The molecule has 0 amide bonds. The minimum atomic E-state index is -4.31. The molecule has 0 radical (unpaired) electrons. The number of hydrogen-bond donors (Lipinski definition) is 16. The van der Waals surface area contributed by atoms with Gasteiger partial charge in [0.2, 0.25) is 0 Å². The summed E-state index contributed by atoms with van der Waals surface area (Å²) in [5.41, 5.74) is -8.16. The van der Waals surface area contributed by atoms with Gasteiger partial charge in [0.25, 0.3) is 0 Å². The topological polar surface area (TPSA) is 554 Å². The second-order valence-electron chi connectivity index (χ2n) is 31.5. The van der Waals surface area contributed by atoms with Gasteiger partial charge in [0.15, 0.2) is 88.6 Å². The zero-order chi connectivity index (χ0) is 147. The molecule has 20 rings (SSSR count). The first-order valence-electron chi connectivity index (χ1n) is 68.7. The Labute approximate surface area is 913 Å². The van der Waals surface area contributed by atoms with Gasteiger partial charge in [-0.05, 0) is 148 Å². The van der Waals surface area contributed by atoms with Crippen LogP contribution in [0.2, 0.25) is 0 Å². The van der Waals surface area contributed by atoms with E-state index in [0.717, 1.165) is 35.3 Å². The molecule has 4 aromatic carbocycles. The van der Waals surface area contributed by atoms with Crippen molar-refractivity contribution in [1.29, 1.82) is 0 Å². The first-order valence-corrected chi connectivity index (χ1v) is 47.4. The molecule has 8 aliphatic rings. The van der Waals surface area contributed by atoms with Gasteiger partial charge >= 0.3 is 0 Å². The summed E-state index contributed by atoms with van der Waals surface area (Å²) in [7, 11) is 0. The van der Waals surface area contributed by atoms with Crippen LogP contribution < -0.4 is 21.3 Å². The van der Waals surface area contributed by atoms with E-state index in [9.17, 15) is 78.8 Å². The van der Waals surface area contributed by atoms with E-state index >= 15 is 0 Å². The van der Waals surface area contributed by atoms with Crippen molar-refractivity contribution in [3.8, 4) is 0 Å². The van der Waals surface area contributed by atoms with E-state index in [-0.39, 0.29) is 150 Å². The summed E-state index contributed by atoms with van der Waals surface area (Å²) in [6.45, 7) is -7.19. The Kier molecular flexibility index (Phi) is 19.6. The normalized spacial score (nSPS) is 44.8. The fourth-order valence-electron chi connectivity index (χ4n) is 13.7. The Morgan fingerprint density at radius 3 is 0.910 bits per heavy atom. The molecule has 8 saturated carbocycles. The van der Waals surface area contributed by atoms with Gasteiger partial charge in [0, 0.05) is 115 Å². The van der Waals surface area contributed by atoms with Crippen LogP contribution in [0.5, 0.6) is 0 Å². The summed E-state index contributed by atoms with van der Waals surface area (Å²) in [4.78, 5) is 34.2. The van der Waals surface area contributed by atoms with Crippen LogP contribution in [0.15, 0.2) is 93.1 Å². The van der Waals surface area contributed by atoms with Crippen molar-refractivity contribution in [3.63, 3.8) is 0 Å². The summed E-state index contributed by atoms with van der Waals surface area (Å²) < 4.78 is 497. The molecule has 24 atom stereocenters. The van der Waals surface area contributed by atoms with Gasteiger partial charge in [-0.15, -0.1) is 20.4 Å². The van der Waals surface area contributed by atoms with Crippen molar-refractivity contribution in [3.05, 3.63) is 140 Å². The third kappa shape index (κ3) is 23.8. The number of anilines is 4. The number of rotatable bonds is 40. The summed E-state index contributed by atoms with van der Waals surface area (Å²) in [5.74, 6) is -11.1. The van der Waals surface area contributed by atoms with E-state index in [4.69, 9.17) is 82.7 Å². The second-order valence-corrected chi connectivity index (χ2v) is 35.5. The predicted molar refractivity (Wildman–Crippen MR) is 530 cm³/mol. The number of ether oxygens (including phenoxy) is 4. The van der Waals surface area contributed by atoms with Crippen molar-refractivity contribution >= 4 is 115 Å². The lowest BCUT2D eigenvalue weighted by Crippen LogP contribution is -2.33. The quantitative estimate of drug-likeness (QED) is 0.00969. The highest BCUT2D eigenvalue weighted by molar-refractivity contribution is 7.99. The monoisotopic (exact) mass is 2120 g/mol. The minimum absolute atomic E-state index is 0.0394. The zero-order valence-corrected chi connectivity index (χ0v) is 79.8. The minimum Gasteiger partial charge on any atom is -0.394 e. The van der Waals surface area contributed by atoms with E-state index in [1.807, 2.05) is 20.8 Å². The Morgan fingerprint density at radius 2 is 0.646 bits per heavy atom. The maximum Gasteiger partial charge on any atom is 0.191 e. The average Bonchev–Trinajstić information content (AvgIpc) is 1.51. The molecule has 0 aliphatic heterocycles. The van der Waals surface area contributed by atoms with Gasteiger partial charge in [0.05, 0.1) is 150 Å². The number of aliphatic hydroxyl groups is 12. The predicted octanol–water partition coefficient (Wildman–Crippen LogP) is 8.73. The summed E-state index contributed by atoms with van der Waals surface area (Å²) >= 11 is 3.64. The lowest BCUT2D eigenvalue weighted by Gasteiger charge is -2.17. The van der Waals surface area contributed by atoms with Gasteiger partial charge in [-0.1, -0.05) is 144 Å². The molecule has 0 spiro atoms. The highest BCUT2D eigenvalue weighted by Crippen LogP contribution is 2.50. The van der Waals surface area contributed by atoms with Crippen molar-refractivity contribution in [2.75, 3.05) is 96.9 Å². The number of nitrogens with one attached hydrogen (secondary N) is 4. The number of benzene rings is 4. The zero-order valence-electron chi connectivity index (χ0n) is 127.